The number of fused-ring (bicyclic) bond motifs is 1. The predicted octanol–water partition coefficient (Wildman–Crippen LogP) is 5.23. The molecule has 1 aliphatic carbocycles. The summed E-state index contributed by atoms with van der Waals surface area (Å²) in [7, 11) is 1.69. The summed E-state index contributed by atoms with van der Waals surface area (Å²) in [5.41, 5.74) is 2.80. The number of nitrogens with zero attached hydrogens (tertiary/aromatic N) is 3. The van der Waals surface area contributed by atoms with E-state index in [0.717, 1.165) is 52.2 Å². The Kier molecular flexibility index (Phi) is 5.53. The Hall–Kier alpha value is -2.21. The number of rotatable bonds is 6. The fourth-order valence-corrected chi connectivity index (χ4v) is 4.28. The maximum Gasteiger partial charge on any atom is 0.174 e. The average molecular weight is 384 g/mol. The third-order valence-electron chi connectivity index (χ3n) is 4.94. The van der Waals surface area contributed by atoms with Gasteiger partial charge in [-0.15, -0.1) is 0 Å². The summed E-state index contributed by atoms with van der Waals surface area (Å²) in [5.74, 6) is 2.53. The molecule has 1 aliphatic rings. The normalized spacial score (nSPS) is 15.2. The molecule has 0 amide bonds. The summed E-state index contributed by atoms with van der Waals surface area (Å²) in [4.78, 5) is 9.28. The summed E-state index contributed by atoms with van der Waals surface area (Å²) in [5, 5.41) is 0.948. The average Bonchev–Trinajstić information content (AvgIpc) is 3.18. The van der Waals surface area contributed by atoms with Crippen LogP contribution >= 0.6 is 11.8 Å². The van der Waals surface area contributed by atoms with E-state index in [4.69, 9.17) is 14.5 Å². The van der Waals surface area contributed by atoms with Gasteiger partial charge in [-0.1, -0.05) is 25.1 Å². The fraction of sp³-hybridized carbons (Fsp3) is 0.429. The first-order valence-corrected chi connectivity index (χ1v) is 10.6. The molecule has 3 aromatic rings. The van der Waals surface area contributed by atoms with Crippen LogP contribution in [0, 0.1) is 0 Å². The van der Waals surface area contributed by atoms with E-state index in [2.05, 4.69) is 18.0 Å². The number of thioether (sulfide) groups is 1. The number of methoxy groups -OCH3 is 1. The van der Waals surface area contributed by atoms with Crippen molar-refractivity contribution in [1.82, 2.24) is 14.4 Å². The summed E-state index contributed by atoms with van der Waals surface area (Å²) in [6, 6.07) is 8.09. The van der Waals surface area contributed by atoms with Gasteiger partial charge in [-0.3, -0.25) is 4.40 Å². The number of ether oxygens (including phenoxy) is 2. The molecule has 27 heavy (non-hydrogen) atoms. The van der Waals surface area contributed by atoms with Gasteiger partial charge in [0.05, 0.1) is 18.9 Å². The Balaban J connectivity index is 1.66. The van der Waals surface area contributed by atoms with Crippen LogP contribution < -0.4 is 9.47 Å². The summed E-state index contributed by atoms with van der Waals surface area (Å²) in [6.45, 7) is 2.13. The Morgan fingerprint density at radius 3 is 2.78 bits per heavy atom. The second kappa shape index (κ2) is 8.21. The molecule has 142 valence electrons. The number of aromatic nitrogens is 3. The number of imidazole rings is 1. The van der Waals surface area contributed by atoms with Gasteiger partial charge >= 0.3 is 0 Å². The highest BCUT2D eigenvalue weighted by molar-refractivity contribution is 7.99. The molecule has 0 saturated heterocycles. The first kappa shape index (κ1) is 18.2. The summed E-state index contributed by atoms with van der Waals surface area (Å²) >= 11 is 1.71. The largest absolute Gasteiger partial charge is 0.493 e. The van der Waals surface area contributed by atoms with Crippen molar-refractivity contribution in [3.8, 4) is 22.8 Å². The van der Waals surface area contributed by atoms with E-state index >= 15 is 0 Å². The van der Waals surface area contributed by atoms with E-state index in [-0.39, 0.29) is 0 Å². The molecule has 2 heterocycles. The highest BCUT2D eigenvalue weighted by atomic mass is 32.2. The molecule has 0 aliphatic heterocycles. The van der Waals surface area contributed by atoms with Crippen LogP contribution in [-0.4, -0.2) is 33.3 Å². The molecule has 5 nitrogen and oxygen atoms in total. The van der Waals surface area contributed by atoms with Crippen molar-refractivity contribution in [2.24, 2.45) is 0 Å². The molecule has 2 aromatic heterocycles. The third kappa shape index (κ3) is 3.90. The second-order valence-electron chi connectivity index (χ2n) is 6.76. The van der Waals surface area contributed by atoms with Crippen molar-refractivity contribution in [1.29, 1.82) is 0 Å². The van der Waals surface area contributed by atoms with Crippen LogP contribution in [0.3, 0.4) is 0 Å². The van der Waals surface area contributed by atoms with Crippen molar-refractivity contribution in [3.63, 3.8) is 0 Å². The zero-order valence-electron chi connectivity index (χ0n) is 15.9. The minimum Gasteiger partial charge on any atom is -0.493 e. The molecule has 1 fully saturated rings. The number of benzene rings is 1. The molecule has 6 heteroatoms. The summed E-state index contributed by atoms with van der Waals surface area (Å²) in [6.07, 6.45) is 10.1. The van der Waals surface area contributed by atoms with Crippen molar-refractivity contribution >= 4 is 17.4 Å². The second-order valence-corrected chi connectivity index (χ2v) is 7.99. The van der Waals surface area contributed by atoms with Crippen LogP contribution in [0.4, 0.5) is 0 Å². The number of hydrogen-bond donors (Lipinski definition) is 0. The smallest absolute Gasteiger partial charge is 0.174 e. The minimum atomic E-state index is 0.297. The molecule has 0 unspecified atom stereocenters. The Morgan fingerprint density at radius 2 is 2.00 bits per heavy atom. The highest BCUT2D eigenvalue weighted by Crippen LogP contribution is 2.35. The molecule has 0 bridgehead atoms. The van der Waals surface area contributed by atoms with Crippen molar-refractivity contribution in [2.45, 2.75) is 50.3 Å². The SMILES string of the molecule is CCSc1nc(-c2ccc(OC3CCCCC3)c(OC)c2)cc2nccn12. The Labute approximate surface area is 164 Å². The van der Waals surface area contributed by atoms with Gasteiger partial charge in [0, 0.05) is 24.0 Å². The van der Waals surface area contributed by atoms with Crippen LogP contribution in [0.2, 0.25) is 0 Å². The topological polar surface area (TPSA) is 48.7 Å². The Morgan fingerprint density at radius 1 is 1.15 bits per heavy atom. The fourth-order valence-electron chi connectivity index (χ4n) is 3.56. The van der Waals surface area contributed by atoms with Crippen LogP contribution in [0.5, 0.6) is 11.5 Å². The van der Waals surface area contributed by atoms with Crippen molar-refractivity contribution in [3.05, 3.63) is 36.7 Å². The van der Waals surface area contributed by atoms with Gasteiger partial charge in [-0.25, -0.2) is 9.97 Å². The van der Waals surface area contributed by atoms with Gasteiger partial charge in [0.15, 0.2) is 16.7 Å². The maximum atomic E-state index is 6.22. The lowest BCUT2D eigenvalue weighted by molar-refractivity contribution is 0.149. The maximum absolute atomic E-state index is 6.22. The zero-order valence-corrected chi connectivity index (χ0v) is 16.7. The van der Waals surface area contributed by atoms with Crippen LogP contribution in [0.25, 0.3) is 16.9 Å². The molecule has 0 radical (unpaired) electrons. The molecule has 1 saturated carbocycles. The minimum absolute atomic E-state index is 0.297. The van der Waals surface area contributed by atoms with Crippen LogP contribution in [-0.2, 0) is 0 Å². The zero-order chi connectivity index (χ0) is 18.6. The van der Waals surface area contributed by atoms with Crippen molar-refractivity contribution < 1.29 is 9.47 Å². The van der Waals surface area contributed by atoms with E-state index in [1.165, 1.54) is 19.3 Å². The molecule has 0 spiro atoms. The molecule has 0 atom stereocenters. The highest BCUT2D eigenvalue weighted by Gasteiger charge is 2.18. The van der Waals surface area contributed by atoms with Gasteiger partial charge in [-0.2, -0.15) is 0 Å². The van der Waals surface area contributed by atoms with E-state index in [0.29, 0.717) is 6.10 Å². The lowest BCUT2D eigenvalue weighted by Crippen LogP contribution is -2.19. The van der Waals surface area contributed by atoms with Gasteiger partial charge in [0.1, 0.15) is 5.65 Å². The quantitative estimate of drug-likeness (QED) is 0.431. The summed E-state index contributed by atoms with van der Waals surface area (Å²) < 4.78 is 13.9. The monoisotopic (exact) mass is 383 g/mol. The van der Waals surface area contributed by atoms with Crippen molar-refractivity contribution in [2.75, 3.05) is 12.9 Å². The molecule has 4 rings (SSSR count). The lowest BCUT2D eigenvalue weighted by atomic mass is 9.98. The van der Waals surface area contributed by atoms with E-state index in [1.54, 1.807) is 18.9 Å². The van der Waals surface area contributed by atoms with Gasteiger partial charge in [0.2, 0.25) is 0 Å². The molecule has 1 aromatic carbocycles. The van der Waals surface area contributed by atoms with Crippen LogP contribution in [0.1, 0.15) is 39.0 Å². The standard InChI is InChI=1S/C21H25N3O2S/c1-3-27-21-23-17(14-20-22-11-12-24(20)21)15-9-10-18(19(13-15)25-2)26-16-7-5-4-6-8-16/h9-14,16H,3-8H2,1-2H3. The lowest BCUT2D eigenvalue weighted by Gasteiger charge is -2.24. The van der Waals surface area contributed by atoms with E-state index in [1.807, 2.05) is 35.0 Å². The van der Waals surface area contributed by atoms with Crippen LogP contribution in [0.15, 0.2) is 41.8 Å². The molecular formula is C21H25N3O2S. The van der Waals surface area contributed by atoms with Gasteiger partial charge in [-0.05, 0) is 49.6 Å². The number of hydrogen-bond acceptors (Lipinski definition) is 5. The van der Waals surface area contributed by atoms with E-state index < -0.39 is 0 Å². The van der Waals surface area contributed by atoms with Gasteiger partial charge in [0.25, 0.3) is 0 Å². The first-order valence-electron chi connectivity index (χ1n) is 9.60. The third-order valence-corrected chi connectivity index (χ3v) is 5.77. The van der Waals surface area contributed by atoms with E-state index in [9.17, 15) is 0 Å². The predicted molar refractivity (Wildman–Crippen MR) is 109 cm³/mol. The molecule has 0 N–H and O–H groups in total. The Bertz CT molecular complexity index is 919. The van der Waals surface area contributed by atoms with Gasteiger partial charge < -0.3 is 9.47 Å². The molecular weight excluding hydrogens is 358 g/mol. The first-order chi connectivity index (χ1) is 13.3.